The van der Waals surface area contributed by atoms with Gasteiger partial charge in [0, 0.05) is 35.9 Å². The molecule has 8 heteroatoms. The number of nitrogens with zero attached hydrogens (tertiary/aromatic N) is 1. The quantitative estimate of drug-likeness (QED) is 0.400. The van der Waals surface area contributed by atoms with Gasteiger partial charge in [0.15, 0.2) is 0 Å². The summed E-state index contributed by atoms with van der Waals surface area (Å²) in [7, 11) is -3.59. The van der Waals surface area contributed by atoms with E-state index in [1.54, 1.807) is 48.8 Å². The summed E-state index contributed by atoms with van der Waals surface area (Å²) in [4.78, 5) is 14.9. The van der Waals surface area contributed by atoms with Crippen LogP contribution in [-0.2, 0) is 16.4 Å². The molecule has 0 aliphatic heterocycles. The highest BCUT2D eigenvalue weighted by atomic mass is 35.5. The summed E-state index contributed by atoms with van der Waals surface area (Å²) in [6, 6.07) is 14.0. The maximum Gasteiger partial charge on any atom is 0.240 e. The first-order valence-corrected chi connectivity index (χ1v) is 10.6. The van der Waals surface area contributed by atoms with Gasteiger partial charge in [0.2, 0.25) is 10.0 Å². The molecule has 1 aromatic heterocycles. The summed E-state index contributed by atoms with van der Waals surface area (Å²) in [5.74, 6) is 0. The normalized spacial score (nSPS) is 12.3. The molecule has 2 N–H and O–H groups in total. The predicted molar refractivity (Wildman–Crippen MR) is 117 cm³/mol. The van der Waals surface area contributed by atoms with Gasteiger partial charge in [0.1, 0.15) is 6.29 Å². The van der Waals surface area contributed by atoms with Gasteiger partial charge in [-0.3, -0.25) is 9.78 Å². The Morgan fingerprint density at radius 1 is 1.07 bits per heavy atom. The summed E-state index contributed by atoms with van der Waals surface area (Å²) in [5, 5.41) is 5.00. The smallest absolute Gasteiger partial charge is 0.240 e. The number of aldehydes is 1. The van der Waals surface area contributed by atoms with E-state index >= 15 is 0 Å². The summed E-state index contributed by atoms with van der Waals surface area (Å²) >= 11 is 0. The van der Waals surface area contributed by atoms with Crippen molar-refractivity contribution in [3.63, 3.8) is 0 Å². The molecule has 1 heterocycles. The molecule has 6 nitrogen and oxygen atoms in total. The molecule has 0 spiro atoms. The van der Waals surface area contributed by atoms with E-state index in [-0.39, 0.29) is 23.3 Å². The number of carbonyl (C=O) groups excluding carboxylic acids is 1. The molecule has 0 saturated heterocycles. The van der Waals surface area contributed by atoms with Crippen LogP contribution in [0, 0.1) is 0 Å². The summed E-state index contributed by atoms with van der Waals surface area (Å²) in [5.41, 5.74) is 1.78. The Bertz CT molecular complexity index is 1060. The van der Waals surface area contributed by atoms with Gasteiger partial charge >= 0.3 is 0 Å². The zero-order valence-electron chi connectivity index (χ0n) is 16.0. The Balaban J connectivity index is 0.00000300. The van der Waals surface area contributed by atoms with Gasteiger partial charge in [0.05, 0.1) is 4.90 Å². The molecule has 0 unspecified atom stereocenters. The van der Waals surface area contributed by atoms with Crippen LogP contribution < -0.4 is 10.0 Å². The third-order valence-corrected chi connectivity index (χ3v) is 6.02. The Kier molecular flexibility index (Phi) is 8.28. The van der Waals surface area contributed by atoms with Crippen molar-refractivity contribution in [2.75, 3.05) is 13.1 Å². The van der Waals surface area contributed by atoms with Gasteiger partial charge in [-0.15, -0.1) is 12.4 Å². The lowest BCUT2D eigenvalue weighted by Crippen LogP contribution is -2.40. The van der Waals surface area contributed by atoms with Crippen molar-refractivity contribution in [1.82, 2.24) is 15.0 Å². The van der Waals surface area contributed by atoms with Crippen LogP contribution in [0.25, 0.3) is 10.8 Å². The number of benzene rings is 2. The van der Waals surface area contributed by atoms with Gasteiger partial charge in [0.25, 0.3) is 0 Å². The topological polar surface area (TPSA) is 88.2 Å². The molecule has 3 rings (SSSR count). The third kappa shape index (κ3) is 6.33. The van der Waals surface area contributed by atoms with E-state index in [4.69, 9.17) is 0 Å². The van der Waals surface area contributed by atoms with E-state index in [2.05, 4.69) is 15.0 Å². The molecule has 0 aliphatic rings. The number of rotatable bonds is 9. The molecule has 1 atom stereocenters. The van der Waals surface area contributed by atoms with Gasteiger partial charge in [-0.2, -0.15) is 0 Å². The average molecular weight is 434 g/mol. The molecule has 0 fully saturated rings. The van der Waals surface area contributed by atoms with Gasteiger partial charge < -0.3 is 5.32 Å². The second kappa shape index (κ2) is 10.5. The van der Waals surface area contributed by atoms with Crippen molar-refractivity contribution in [2.24, 2.45) is 0 Å². The van der Waals surface area contributed by atoms with Gasteiger partial charge in [-0.25, -0.2) is 13.1 Å². The van der Waals surface area contributed by atoms with E-state index < -0.39 is 10.0 Å². The van der Waals surface area contributed by atoms with Crippen LogP contribution >= 0.6 is 12.4 Å². The fraction of sp³-hybridized carbons (Fsp3) is 0.238. The molecule has 0 amide bonds. The summed E-state index contributed by atoms with van der Waals surface area (Å²) in [6.07, 6.45) is 4.98. The zero-order valence-corrected chi connectivity index (χ0v) is 17.7. The van der Waals surface area contributed by atoms with Crippen molar-refractivity contribution >= 4 is 39.5 Å². The van der Waals surface area contributed by atoms with E-state index in [0.29, 0.717) is 12.1 Å². The van der Waals surface area contributed by atoms with Crippen molar-refractivity contribution in [3.8, 4) is 0 Å². The number of carbonyl (C=O) groups is 1. The third-order valence-electron chi connectivity index (χ3n) is 4.44. The Morgan fingerprint density at radius 3 is 2.55 bits per heavy atom. The molecule has 154 valence electrons. The molecular formula is C21H24ClN3O3S. The van der Waals surface area contributed by atoms with E-state index in [0.717, 1.165) is 35.6 Å². The fourth-order valence-corrected chi connectivity index (χ4v) is 4.20. The lowest BCUT2D eigenvalue weighted by molar-refractivity contribution is 0.112. The molecule has 29 heavy (non-hydrogen) atoms. The van der Waals surface area contributed by atoms with Crippen LogP contribution in [0.5, 0.6) is 0 Å². The highest BCUT2D eigenvalue weighted by Crippen LogP contribution is 2.18. The average Bonchev–Trinajstić information content (AvgIpc) is 2.71. The number of aromatic nitrogens is 1. The fourth-order valence-electron chi connectivity index (χ4n) is 2.92. The molecule has 0 bridgehead atoms. The van der Waals surface area contributed by atoms with Crippen LogP contribution in [-0.4, -0.2) is 38.8 Å². The standard InChI is InChI=1S/C21H23N3O3S.ClH/c1-16(13-22-10-8-17-2-4-18(15-25)5-3-17)24-28(26,27)21-7-6-20-14-23-11-9-19(20)12-21;/h2-7,9,11-12,14-16,22,24H,8,10,13H2,1H3;1H/t16-;/m1./s1. The number of nitrogens with one attached hydrogen (secondary N) is 2. The monoisotopic (exact) mass is 433 g/mol. The SMILES string of the molecule is C[C@H](CNCCc1ccc(C=O)cc1)NS(=O)(=O)c1ccc2cnccc2c1.Cl. The lowest BCUT2D eigenvalue weighted by Gasteiger charge is -2.15. The van der Waals surface area contributed by atoms with Crippen LogP contribution in [0.3, 0.4) is 0 Å². The number of hydrogen-bond acceptors (Lipinski definition) is 5. The first-order chi connectivity index (χ1) is 13.5. The molecule has 3 aromatic rings. The Morgan fingerprint density at radius 2 is 1.83 bits per heavy atom. The highest BCUT2D eigenvalue weighted by molar-refractivity contribution is 7.89. The molecule has 0 aliphatic carbocycles. The van der Waals surface area contributed by atoms with Crippen LogP contribution in [0.4, 0.5) is 0 Å². The van der Waals surface area contributed by atoms with Crippen molar-refractivity contribution in [2.45, 2.75) is 24.3 Å². The minimum absolute atomic E-state index is 0. The van der Waals surface area contributed by atoms with Crippen LogP contribution in [0.1, 0.15) is 22.8 Å². The molecule has 0 radical (unpaired) electrons. The van der Waals surface area contributed by atoms with E-state index in [1.165, 1.54) is 0 Å². The zero-order chi connectivity index (χ0) is 20.0. The van der Waals surface area contributed by atoms with Crippen LogP contribution in [0.2, 0.25) is 0 Å². The van der Waals surface area contributed by atoms with Gasteiger partial charge in [-0.1, -0.05) is 30.3 Å². The minimum atomic E-state index is -3.59. The second-order valence-electron chi connectivity index (χ2n) is 6.72. The second-order valence-corrected chi connectivity index (χ2v) is 8.43. The van der Waals surface area contributed by atoms with Gasteiger partial charge in [-0.05, 0) is 49.0 Å². The number of halogens is 1. The molecular weight excluding hydrogens is 410 g/mol. The maximum atomic E-state index is 12.6. The van der Waals surface area contributed by atoms with Crippen molar-refractivity contribution in [1.29, 1.82) is 0 Å². The lowest BCUT2D eigenvalue weighted by atomic mass is 10.1. The first-order valence-electron chi connectivity index (χ1n) is 9.09. The van der Waals surface area contributed by atoms with E-state index in [9.17, 15) is 13.2 Å². The Labute approximate surface area is 177 Å². The summed E-state index contributed by atoms with van der Waals surface area (Å²) in [6.45, 7) is 3.06. The number of hydrogen-bond donors (Lipinski definition) is 2. The minimum Gasteiger partial charge on any atom is -0.315 e. The number of fused-ring (bicyclic) bond motifs is 1. The number of sulfonamides is 1. The summed E-state index contributed by atoms with van der Waals surface area (Å²) < 4.78 is 27.9. The van der Waals surface area contributed by atoms with Crippen molar-refractivity contribution < 1.29 is 13.2 Å². The van der Waals surface area contributed by atoms with Crippen molar-refractivity contribution in [3.05, 3.63) is 72.1 Å². The predicted octanol–water partition coefficient (Wildman–Crippen LogP) is 2.97. The Hall–Kier alpha value is -2.32. The number of pyridine rings is 1. The molecule has 0 saturated carbocycles. The highest BCUT2D eigenvalue weighted by Gasteiger charge is 2.17. The largest absolute Gasteiger partial charge is 0.315 e. The maximum absolute atomic E-state index is 12.6. The van der Waals surface area contributed by atoms with E-state index in [1.807, 2.05) is 19.1 Å². The van der Waals surface area contributed by atoms with Crippen LogP contribution in [0.15, 0.2) is 65.8 Å². The first kappa shape index (κ1) is 23.0. The molecule has 2 aromatic carbocycles.